The number of carboxylic acids is 1. The van der Waals surface area contributed by atoms with Crippen LogP contribution in [0.3, 0.4) is 0 Å². The molecule has 2 rings (SSSR count). The molecular weight excluding hydrogens is 300 g/mol. The van der Waals surface area contributed by atoms with Gasteiger partial charge in [0.15, 0.2) is 0 Å². The Balaban J connectivity index is 1.99. The van der Waals surface area contributed by atoms with Crippen molar-refractivity contribution >= 4 is 33.5 Å². The van der Waals surface area contributed by atoms with Gasteiger partial charge in [0, 0.05) is 34.7 Å². The van der Waals surface area contributed by atoms with Gasteiger partial charge in [-0.3, -0.25) is 9.59 Å². The van der Waals surface area contributed by atoms with E-state index in [9.17, 15) is 9.59 Å². The summed E-state index contributed by atoms with van der Waals surface area (Å²) < 4.78 is 0.758. The third-order valence-electron chi connectivity index (χ3n) is 2.87. The summed E-state index contributed by atoms with van der Waals surface area (Å²) >= 11 is 3.29. The number of amides is 1. The molecule has 5 nitrogen and oxygen atoms in total. The van der Waals surface area contributed by atoms with Crippen molar-refractivity contribution in [2.24, 2.45) is 5.92 Å². The molecule has 0 spiro atoms. The number of nitrogen functional groups attached to an aromatic ring is 1. The first-order valence-electron chi connectivity index (χ1n) is 5.53. The van der Waals surface area contributed by atoms with E-state index in [1.807, 2.05) is 0 Å². The van der Waals surface area contributed by atoms with Crippen LogP contribution in [0.2, 0.25) is 0 Å². The van der Waals surface area contributed by atoms with E-state index in [0.717, 1.165) is 4.47 Å². The van der Waals surface area contributed by atoms with Gasteiger partial charge in [0.25, 0.3) is 5.91 Å². The van der Waals surface area contributed by atoms with E-state index in [1.165, 1.54) is 0 Å². The number of hydrogen-bond acceptors (Lipinski definition) is 3. The zero-order valence-electron chi connectivity index (χ0n) is 9.60. The van der Waals surface area contributed by atoms with Gasteiger partial charge in [-0.1, -0.05) is 15.9 Å². The second-order valence-corrected chi connectivity index (χ2v) is 5.36. The molecule has 96 valence electrons. The molecule has 0 unspecified atom stereocenters. The van der Waals surface area contributed by atoms with Crippen LogP contribution < -0.4 is 5.73 Å². The number of likely N-dealkylation sites (tertiary alicyclic amines) is 1. The molecule has 1 fully saturated rings. The van der Waals surface area contributed by atoms with Crippen LogP contribution in [0.4, 0.5) is 5.69 Å². The van der Waals surface area contributed by atoms with Crippen LogP contribution in [0.25, 0.3) is 0 Å². The molecule has 1 heterocycles. The number of carbonyl (C=O) groups excluding carboxylic acids is 1. The quantitative estimate of drug-likeness (QED) is 0.830. The summed E-state index contributed by atoms with van der Waals surface area (Å²) in [4.78, 5) is 24.2. The fourth-order valence-electron chi connectivity index (χ4n) is 2.03. The minimum Gasteiger partial charge on any atom is -0.481 e. The summed E-state index contributed by atoms with van der Waals surface area (Å²) in [5.41, 5.74) is 6.72. The van der Waals surface area contributed by atoms with Crippen molar-refractivity contribution in [3.05, 3.63) is 28.2 Å². The molecule has 0 radical (unpaired) electrons. The number of hydrogen-bond donors (Lipinski definition) is 2. The Bertz CT molecular complexity index is 478. The number of nitrogens with zero attached hydrogens (tertiary/aromatic N) is 1. The predicted molar refractivity (Wildman–Crippen MR) is 70.2 cm³/mol. The summed E-state index contributed by atoms with van der Waals surface area (Å²) in [6.07, 6.45) is 0.115. The Morgan fingerprint density at radius 3 is 2.61 bits per heavy atom. The number of carboxylic acid groups (broad SMARTS) is 1. The van der Waals surface area contributed by atoms with Crippen LogP contribution in [0, 0.1) is 5.92 Å². The highest BCUT2D eigenvalue weighted by Crippen LogP contribution is 2.24. The minimum atomic E-state index is -0.821. The topological polar surface area (TPSA) is 83.6 Å². The van der Waals surface area contributed by atoms with Crippen LogP contribution >= 0.6 is 15.9 Å². The van der Waals surface area contributed by atoms with Gasteiger partial charge in [0.1, 0.15) is 0 Å². The van der Waals surface area contributed by atoms with E-state index in [-0.39, 0.29) is 18.2 Å². The van der Waals surface area contributed by atoms with Gasteiger partial charge >= 0.3 is 5.97 Å². The van der Waals surface area contributed by atoms with Crippen molar-refractivity contribution < 1.29 is 14.7 Å². The molecule has 1 aliphatic rings. The Morgan fingerprint density at radius 1 is 1.39 bits per heavy atom. The predicted octanol–water partition coefficient (Wildman–Crippen LogP) is 1.58. The van der Waals surface area contributed by atoms with Crippen LogP contribution in [0.1, 0.15) is 16.8 Å². The molecule has 6 heteroatoms. The summed E-state index contributed by atoms with van der Waals surface area (Å²) in [6, 6.07) is 5.06. The summed E-state index contributed by atoms with van der Waals surface area (Å²) in [5.74, 6) is -0.862. The maximum absolute atomic E-state index is 12.1. The molecule has 1 aliphatic heterocycles. The normalized spacial score (nSPS) is 15.3. The molecule has 3 N–H and O–H groups in total. The van der Waals surface area contributed by atoms with Crippen LogP contribution in [0.15, 0.2) is 22.7 Å². The van der Waals surface area contributed by atoms with E-state index < -0.39 is 5.97 Å². The highest BCUT2D eigenvalue weighted by molar-refractivity contribution is 9.10. The first-order valence-corrected chi connectivity index (χ1v) is 6.32. The molecule has 1 aromatic rings. The molecule has 1 amide bonds. The zero-order valence-corrected chi connectivity index (χ0v) is 11.2. The molecular formula is C12H13BrN2O3. The molecule has 0 aliphatic carbocycles. The fraction of sp³-hybridized carbons (Fsp3) is 0.333. The van der Waals surface area contributed by atoms with Crippen molar-refractivity contribution in [2.45, 2.75) is 6.42 Å². The number of rotatable bonds is 3. The third kappa shape index (κ3) is 2.81. The summed E-state index contributed by atoms with van der Waals surface area (Å²) in [5, 5.41) is 8.64. The Hall–Kier alpha value is -1.56. The van der Waals surface area contributed by atoms with Gasteiger partial charge in [-0.05, 0) is 18.2 Å². The highest BCUT2D eigenvalue weighted by atomic mass is 79.9. The van der Waals surface area contributed by atoms with Crippen molar-refractivity contribution in [3.63, 3.8) is 0 Å². The fourth-order valence-corrected chi connectivity index (χ4v) is 2.54. The molecule has 1 saturated heterocycles. The highest BCUT2D eigenvalue weighted by Gasteiger charge is 2.32. The maximum atomic E-state index is 12.1. The standard InChI is InChI=1S/C12H13BrN2O3/c13-9-2-8(3-10(14)4-9)12(18)15-5-7(6-15)1-11(16)17/h2-4,7H,1,5-6,14H2,(H,16,17). The van der Waals surface area contributed by atoms with E-state index in [4.69, 9.17) is 10.8 Å². The van der Waals surface area contributed by atoms with Crippen molar-refractivity contribution in [3.8, 4) is 0 Å². The van der Waals surface area contributed by atoms with Gasteiger partial charge < -0.3 is 15.7 Å². The zero-order chi connectivity index (χ0) is 13.3. The first kappa shape index (κ1) is 12.9. The molecule has 18 heavy (non-hydrogen) atoms. The molecule has 0 bridgehead atoms. The number of anilines is 1. The van der Waals surface area contributed by atoms with E-state index >= 15 is 0 Å². The van der Waals surface area contributed by atoms with Crippen LogP contribution in [-0.2, 0) is 4.79 Å². The second kappa shape index (κ2) is 4.97. The summed E-state index contributed by atoms with van der Waals surface area (Å²) in [7, 11) is 0. The average Bonchev–Trinajstić information content (AvgIpc) is 2.20. The number of nitrogens with two attached hydrogens (primary N) is 1. The smallest absolute Gasteiger partial charge is 0.303 e. The van der Waals surface area contributed by atoms with Gasteiger partial charge in [-0.25, -0.2) is 0 Å². The molecule has 0 saturated carbocycles. The number of aliphatic carboxylic acids is 1. The van der Waals surface area contributed by atoms with Crippen LogP contribution in [0.5, 0.6) is 0 Å². The minimum absolute atomic E-state index is 0.0657. The maximum Gasteiger partial charge on any atom is 0.303 e. The lowest BCUT2D eigenvalue weighted by atomic mass is 9.95. The third-order valence-corrected chi connectivity index (χ3v) is 3.33. The molecule has 0 atom stereocenters. The lowest BCUT2D eigenvalue weighted by Gasteiger charge is -2.38. The van der Waals surface area contributed by atoms with Crippen molar-refractivity contribution in [1.82, 2.24) is 4.90 Å². The van der Waals surface area contributed by atoms with Gasteiger partial charge in [-0.15, -0.1) is 0 Å². The van der Waals surface area contributed by atoms with Gasteiger partial charge in [0.05, 0.1) is 6.42 Å². The van der Waals surface area contributed by atoms with Gasteiger partial charge in [0.2, 0.25) is 0 Å². The molecule has 1 aromatic carbocycles. The van der Waals surface area contributed by atoms with Crippen molar-refractivity contribution in [1.29, 1.82) is 0 Å². The lowest BCUT2D eigenvalue weighted by Crippen LogP contribution is -2.50. The van der Waals surface area contributed by atoms with Crippen molar-refractivity contribution in [2.75, 3.05) is 18.8 Å². The Kier molecular flexibility index (Phi) is 3.56. The van der Waals surface area contributed by atoms with E-state index in [1.54, 1.807) is 23.1 Å². The Labute approximate surface area is 113 Å². The SMILES string of the molecule is Nc1cc(Br)cc(C(=O)N2CC(CC(=O)O)C2)c1. The Morgan fingerprint density at radius 2 is 2.06 bits per heavy atom. The van der Waals surface area contributed by atoms with Crippen LogP contribution in [-0.4, -0.2) is 35.0 Å². The number of benzene rings is 1. The number of halogens is 1. The van der Waals surface area contributed by atoms with E-state index in [2.05, 4.69) is 15.9 Å². The van der Waals surface area contributed by atoms with Gasteiger partial charge in [-0.2, -0.15) is 0 Å². The average molecular weight is 313 g/mol. The first-order chi connectivity index (χ1) is 8.45. The largest absolute Gasteiger partial charge is 0.481 e. The monoisotopic (exact) mass is 312 g/mol. The van der Waals surface area contributed by atoms with E-state index in [0.29, 0.717) is 24.3 Å². The molecule has 0 aromatic heterocycles. The number of carbonyl (C=O) groups is 2. The summed E-state index contributed by atoms with van der Waals surface area (Å²) in [6.45, 7) is 0.995. The second-order valence-electron chi connectivity index (χ2n) is 4.45. The lowest BCUT2D eigenvalue weighted by molar-refractivity contribution is -0.139.